The molecule has 0 unspecified atom stereocenters. The topological polar surface area (TPSA) is 64.4 Å². The van der Waals surface area contributed by atoms with Crippen molar-refractivity contribution in [1.82, 2.24) is 5.32 Å². The summed E-state index contributed by atoms with van der Waals surface area (Å²) in [6.07, 6.45) is 1.03. The summed E-state index contributed by atoms with van der Waals surface area (Å²) in [4.78, 5) is 11.9. The average Bonchev–Trinajstić information content (AvgIpc) is 2.88. The van der Waals surface area contributed by atoms with Crippen LogP contribution in [0.25, 0.3) is 0 Å². The van der Waals surface area contributed by atoms with E-state index in [-0.39, 0.29) is 36.8 Å². The molecule has 0 aliphatic carbocycles. The van der Waals surface area contributed by atoms with Crippen LogP contribution in [0.5, 0.6) is 0 Å². The zero-order valence-corrected chi connectivity index (χ0v) is 13.2. The van der Waals surface area contributed by atoms with Gasteiger partial charge in [0.2, 0.25) is 5.91 Å². The van der Waals surface area contributed by atoms with E-state index >= 15 is 0 Å². The van der Waals surface area contributed by atoms with Crippen LogP contribution < -0.4 is 11.1 Å². The molecular formula is C13H17BrClFN2O2. The molecule has 1 aromatic carbocycles. The molecule has 112 valence electrons. The maximum absolute atomic E-state index is 13.3. The molecule has 7 heteroatoms. The summed E-state index contributed by atoms with van der Waals surface area (Å²) in [5, 5.41) is 2.75. The number of ether oxygens (including phenoxy) is 1. The van der Waals surface area contributed by atoms with Gasteiger partial charge in [0, 0.05) is 13.1 Å². The zero-order valence-electron chi connectivity index (χ0n) is 10.8. The lowest BCUT2D eigenvalue weighted by Gasteiger charge is -2.12. The first kappa shape index (κ1) is 17.4. The number of carbonyl (C=O) groups is 1. The number of rotatable bonds is 4. The molecule has 4 nitrogen and oxygen atoms in total. The highest BCUT2D eigenvalue weighted by Crippen LogP contribution is 2.19. The maximum Gasteiger partial charge on any atom is 0.249 e. The zero-order chi connectivity index (χ0) is 13.8. The summed E-state index contributed by atoms with van der Waals surface area (Å²) in [6, 6.07) is 4.77. The van der Waals surface area contributed by atoms with Gasteiger partial charge >= 0.3 is 0 Å². The number of hydrogen-bond donors (Lipinski definition) is 2. The Morgan fingerprint density at radius 2 is 2.25 bits per heavy atom. The van der Waals surface area contributed by atoms with Gasteiger partial charge in [-0.15, -0.1) is 12.4 Å². The standard InChI is InChI=1S/C13H16BrFN2O2.ClH/c14-10-3-1-8(5-11(10)15)7-17-13(18)12-4-2-9(6-16)19-12;/h1,3,5,9,12H,2,4,6-7,16H2,(H,17,18);1H/t9-,12+;/m1./s1. The van der Waals surface area contributed by atoms with Crippen LogP contribution in [0.4, 0.5) is 4.39 Å². The van der Waals surface area contributed by atoms with Crippen molar-refractivity contribution in [3.05, 3.63) is 34.1 Å². The van der Waals surface area contributed by atoms with E-state index in [4.69, 9.17) is 10.5 Å². The molecule has 0 saturated carbocycles. The van der Waals surface area contributed by atoms with Crippen LogP contribution >= 0.6 is 28.3 Å². The van der Waals surface area contributed by atoms with Crippen molar-refractivity contribution in [3.8, 4) is 0 Å². The molecule has 0 spiro atoms. The number of hydrogen-bond acceptors (Lipinski definition) is 3. The number of nitrogens with two attached hydrogens (primary N) is 1. The van der Waals surface area contributed by atoms with Gasteiger partial charge < -0.3 is 15.8 Å². The van der Waals surface area contributed by atoms with Gasteiger partial charge in [-0.1, -0.05) is 6.07 Å². The summed E-state index contributed by atoms with van der Waals surface area (Å²) in [5.74, 6) is -0.508. The molecule has 0 radical (unpaired) electrons. The van der Waals surface area contributed by atoms with Crippen LogP contribution in [0, 0.1) is 5.82 Å². The lowest BCUT2D eigenvalue weighted by molar-refractivity contribution is -0.132. The Balaban J connectivity index is 0.00000200. The second-order valence-electron chi connectivity index (χ2n) is 4.53. The second-order valence-corrected chi connectivity index (χ2v) is 5.38. The monoisotopic (exact) mass is 366 g/mol. The Morgan fingerprint density at radius 1 is 1.50 bits per heavy atom. The summed E-state index contributed by atoms with van der Waals surface area (Å²) in [7, 11) is 0. The van der Waals surface area contributed by atoms with E-state index < -0.39 is 6.10 Å². The van der Waals surface area contributed by atoms with Crippen molar-refractivity contribution >= 4 is 34.2 Å². The normalized spacial score (nSPS) is 21.4. The van der Waals surface area contributed by atoms with E-state index in [2.05, 4.69) is 21.2 Å². The summed E-state index contributed by atoms with van der Waals surface area (Å²) >= 11 is 3.08. The highest BCUT2D eigenvalue weighted by molar-refractivity contribution is 9.10. The molecule has 1 aliphatic rings. The smallest absolute Gasteiger partial charge is 0.249 e. The first-order chi connectivity index (χ1) is 9.10. The Bertz CT molecular complexity index is 476. The molecule has 1 heterocycles. The van der Waals surface area contributed by atoms with Crippen molar-refractivity contribution < 1.29 is 13.9 Å². The molecule has 1 amide bonds. The van der Waals surface area contributed by atoms with Crippen molar-refractivity contribution in [2.45, 2.75) is 31.6 Å². The van der Waals surface area contributed by atoms with Gasteiger partial charge in [0.25, 0.3) is 0 Å². The minimum Gasteiger partial charge on any atom is -0.364 e. The Labute approximate surface area is 131 Å². The number of amides is 1. The van der Waals surface area contributed by atoms with Gasteiger partial charge in [-0.05, 0) is 46.5 Å². The number of nitrogens with one attached hydrogen (secondary N) is 1. The van der Waals surface area contributed by atoms with Crippen molar-refractivity contribution in [2.24, 2.45) is 5.73 Å². The third kappa shape index (κ3) is 4.41. The van der Waals surface area contributed by atoms with Crippen LogP contribution in [-0.4, -0.2) is 24.7 Å². The molecule has 2 atom stereocenters. The molecule has 2 rings (SSSR count). The average molecular weight is 368 g/mol. The van der Waals surface area contributed by atoms with Gasteiger partial charge in [-0.3, -0.25) is 4.79 Å². The van der Waals surface area contributed by atoms with E-state index in [0.29, 0.717) is 23.0 Å². The van der Waals surface area contributed by atoms with Crippen LogP contribution in [0.15, 0.2) is 22.7 Å². The predicted octanol–water partition coefficient (Wildman–Crippen LogP) is 2.13. The Hall–Kier alpha value is -0.690. The third-order valence-electron chi connectivity index (χ3n) is 3.11. The highest BCUT2D eigenvalue weighted by atomic mass is 79.9. The molecule has 1 aliphatic heterocycles. The van der Waals surface area contributed by atoms with E-state index in [1.54, 1.807) is 12.1 Å². The fourth-order valence-electron chi connectivity index (χ4n) is 2.02. The second kappa shape index (κ2) is 7.93. The Morgan fingerprint density at radius 3 is 2.85 bits per heavy atom. The lowest BCUT2D eigenvalue weighted by atomic mass is 10.2. The van der Waals surface area contributed by atoms with E-state index in [1.165, 1.54) is 6.07 Å². The number of carbonyl (C=O) groups excluding carboxylic acids is 1. The molecule has 0 aromatic heterocycles. The van der Waals surface area contributed by atoms with E-state index in [0.717, 1.165) is 6.42 Å². The van der Waals surface area contributed by atoms with Gasteiger partial charge in [0.05, 0.1) is 10.6 Å². The highest BCUT2D eigenvalue weighted by Gasteiger charge is 2.29. The predicted molar refractivity (Wildman–Crippen MR) is 80.1 cm³/mol. The summed E-state index contributed by atoms with van der Waals surface area (Å²) in [6.45, 7) is 0.720. The fraction of sp³-hybridized carbons (Fsp3) is 0.462. The van der Waals surface area contributed by atoms with Crippen LogP contribution in [-0.2, 0) is 16.1 Å². The van der Waals surface area contributed by atoms with Crippen molar-refractivity contribution in [1.29, 1.82) is 0 Å². The third-order valence-corrected chi connectivity index (χ3v) is 3.76. The molecule has 1 fully saturated rings. The van der Waals surface area contributed by atoms with Gasteiger partial charge in [-0.2, -0.15) is 0 Å². The lowest BCUT2D eigenvalue weighted by Crippen LogP contribution is -2.35. The fourth-order valence-corrected chi connectivity index (χ4v) is 2.27. The van der Waals surface area contributed by atoms with E-state index in [1.807, 2.05) is 0 Å². The van der Waals surface area contributed by atoms with Crippen LogP contribution in [0.2, 0.25) is 0 Å². The van der Waals surface area contributed by atoms with Gasteiger partial charge in [0.1, 0.15) is 11.9 Å². The summed E-state index contributed by atoms with van der Waals surface area (Å²) < 4.78 is 19.2. The molecule has 1 saturated heterocycles. The van der Waals surface area contributed by atoms with Crippen LogP contribution in [0.3, 0.4) is 0 Å². The first-order valence-corrected chi connectivity index (χ1v) is 6.96. The van der Waals surface area contributed by atoms with Crippen molar-refractivity contribution in [2.75, 3.05) is 6.54 Å². The van der Waals surface area contributed by atoms with Crippen LogP contribution in [0.1, 0.15) is 18.4 Å². The molecule has 1 aromatic rings. The van der Waals surface area contributed by atoms with E-state index in [9.17, 15) is 9.18 Å². The molecule has 0 bridgehead atoms. The molecule has 20 heavy (non-hydrogen) atoms. The van der Waals surface area contributed by atoms with Gasteiger partial charge in [-0.25, -0.2) is 4.39 Å². The largest absolute Gasteiger partial charge is 0.364 e. The Kier molecular flexibility index (Phi) is 6.88. The number of benzene rings is 1. The first-order valence-electron chi connectivity index (χ1n) is 6.17. The van der Waals surface area contributed by atoms with Gasteiger partial charge in [0.15, 0.2) is 0 Å². The SMILES string of the molecule is Cl.NC[C@H]1CC[C@@H](C(=O)NCc2ccc(Br)c(F)c2)O1. The number of halogens is 3. The molecule has 3 N–H and O–H groups in total. The van der Waals surface area contributed by atoms with Crippen molar-refractivity contribution in [3.63, 3.8) is 0 Å². The minimum atomic E-state index is -0.436. The summed E-state index contributed by atoms with van der Waals surface area (Å²) in [5.41, 5.74) is 6.20. The maximum atomic E-state index is 13.3. The quantitative estimate of drug-likeness (QED) is 0.857. The molecular weight excluding hydrogens is 351 g/mol. The minimum absolute atomic E-state index is 0.